The predicted molar refractivity (Wildman–Crippen MR) is 58.0 cm³/mol. The summed E-state index contributed by atoms with van der Waals surface area (Å²) in [7, 11) is 0. The maximum Gasteiger partial charge on any atom is 0.125 e. The highest BCUT2D eigenvalue weighted by molar-refractivity contribution is 6.39. The van der Waals surface area contributed by atoms with Crippen LogP contribution in [0, 0.1) is 11.3 Å². The third-order valence-corrected chi connectivity index (χ3v) is 2.69. The van der Waals surface area contributed by atoms with Crippen LogP contribution in [0.1, 0.15) is 5.56 Å². The van der Waals surface area contributed by atoms with Crippen LogP contribution in [0.25, 0.3) is 10.9 Å². The number of aromatic nitrogens is 1. The smallest absolute Gasteiger partial charge is 0.125 e. The van der Waals surface area contributed by atoms with Crippen molar-refractivity contribution in [1.29, 1.82) is 5.26 Å². The summed E-state index contributed by atoms with van der Waals surface area (Å²) >= 11 is 17.5. The van der Waals surface area contributed by atoms with Gasteiger partial charge in [0.15, 0.2) is 0 Å². The number of nitrogens with zero attached hydrogens (tertiary/aromatic N) is 1. The molecule has 14 heavy (non-hydrogen) atoms. The minimum absolute atomic E-state index is 0.284. The minimum atomic E-state index is 0.284. The number of nitrogens with one attached hydrogen (secondary N) is 1. The molecule has 0 amide bonds. The van der Waals surface area contributed by atoms with Crippen LogP contribution < -0.4 is 0 Å². The number of nitriles is 1. The zero-order valence-electron chi connectivity index (χ0n) is 6.74. The van der Waals surface area contributed by atoms with Crippen molar-refractivity contribution < 1.29 is 0 Å². The third-order valence-electron chi connectivity index (χ3n) is 1.89. The van der Waals surface area contributed by atoms with Gasteiger partial charge < -0.3 is 4.98 Å². The standard InChI is InChI=1S/C9H3Cl3N2/c10-4-1-5-6(3-13)9(12)14-8(5)7(11)2-4/h1-2,14H. The van der Waals surface area contributed by atoms with Gasteiger partial charge >= 0.3 is 0 Å². The highest BCUT2D eigenvalue weighted by Gasteiger charge is 2.12. The van der Waals surface area contributed by atoms with Gasteiger partial charge in [-0.25, -0.2) is 0 Å². The zero-order valence-corrected chi connectivity index (χ0v) is 9.00. The highest BCUT2D eigenvalue weighted by atomic mass is 35.5. The summed E-state index contributed by atoms with van der Waals surface area (Å²) in [6.07, 6.45) is 0. The molecule has 0 unspecified atom stereocenters. The van der Waals surface area contributed by atoms with Crippen LogP contribution in [-0.2, 0) is 0 Å². The summed E-state index contributed by atoms with van der Waals surface area (Å²) in [6.45, 7) is 0. The van der Waals surface area contributed by atoms with Gasteiger partial charge in [0, 0.05) is 10.4 Å². The molecule has 0 aliphatic carbocycles. The molecule has 0 saturated carbocycles. The second-order valence-electron chi connectivity index (χ2n) is 2.74. The Balaban J connectivity index is 2.97. The number of hydrogen-bond donors (Lipinski definition) is 1. The lowest BCUT2D eigenvalue weighted by molar-refractivity contribution is 1.44. The number of benzene rings is 1. The second kappa shape index (κ2) is 3.36. The van der Waals surface area contributed by atoms with Crippen molar-refractivity contribution in [2.75, 3.05) is 0 Å². The average molecular weight is 245 g/mol. The monoisotopic (exact) mass is 244 g/mol. The summed E-state index contributed by atoms with van der Waals surface area (Å²) in [6, 6.07) is 5.25. The third kappa shape index (κ3) is 1.34. The Kier molecular flexibility index (Phi) is 2.32. The minimum Gasteiger partial charge on any atom is -0.343 e. The molecular weight excluding hydrogens is 242 g/mol. The van der Waals surface area contributed by atoms with Gasteiger partial charge in [-0.3, -0.25) is 0 Å². The number of hydrogen-bond acceptors (Lipinski definition) is 1. The fourth-order valence-electron chi connectivity index (χ4n) is 1.30. The Morgan fingerprint density at radius 2 is 1.93 bits per heavy atom. The predicted octanol–water partition coefficient (Wildman–Crippen LogP) is 4.00. The summed E-state index contributed by atoms with van der Waals surface area (Å²) in [5.74, 6) is 0. The quantitative estimate of drug-likeness (QED) is 0.748. The van der Waals surface area contributed by atoms with E-state index in [4.69, 9.17) is 40.1 Å². The maximum atomic E-state index is 8.85. The summed E-state index contributed by atoms with van der Waals surface area (Å²) in [5.41, 5.74) is 1.00. The van der Waals surface area contributed by atoms with E-state index in [9.17, 15) is 0 Å². The van der Waals surface area contributed by atoms with E-state index in [2.05, 4.69) is 4.98 Å². The molecule has 0 aliphatic heterocycles. The zero-order chi connectivity index (χ0) is 10.3. The molecule has 2 nitrogen and oxygen atoms in total. The van der Waals surface area contributed by atoms with Crippen molar-refractivity contribution in [3.05, 3.63) is 32.9 Å². The molecule has 1 aromatic carbocycles. The van der Waals surface area contributed by atoms with Crippen LogP contribution in [0.5, 0.6) is 0 Å². The van der Waals surface area contributed by atoms with E-state index in [1.165, 1.54) is 0 Å². The van der Waals surface area contributed by atoms with Gasteiger partial charge in [0.2, 0.25) is 0 Å². The fourth-order valence-corrected chi connectivity index (χ4v) is 2.08. The van der Waals surface area contributed by atoms with Crippen LogP contribution in [0.3, 0.4) is 0 Å². The van der Waals surface area contributed by atoms with Gasteiger partial charge in [-0.15, -0.1) is 0 Å². The number of fused-ring (bicyclic) bond motifs is 1. The van der Waals surface area contributed by atoms with E-state index < -0.39 is 0 Å². The van der Waals surface area contributed by atoms with Gasteiger partial charge in [-0.1, -0.05) is 34.8 Å². The van der Waals surface area contributed by atoms with Gasteiger partial charge in [-0.05, 0) is 12.1 Å². The van der Waals surface area contributed by atoms with E-state index >= 15 is 0 Å². The van der Waals surface area contributed by atoms with Crippen LogP contribution in [-0.4, -0.2) is 4.98 Å². The lowest BCUT2D eigenvalue weighted by Crippen LogP contribution is -1.73. The van der Waals surface area contributed by atoms with Gasteiger partial charge in [0.1, 0.15) is 11.2 Å². The Morgan fingerprint density at radius 1 is 1.21 bits per heavy atom. The number of halogens is 3. The van der Waals surface area contributed by atoms with Crippen LogP contribution in [0.15, 0.2) is 12.1 Å². The van der Waals surface area contributed by atoms with E-state index in [0.717, 1.165) is 0 Å². The molecule has 0 spiro atoms. The molecule has 1 aromatic heterocycles. The summed E-state index contributed by atoms with van der Waals surface area (Å²) < 4.78 is 0. The van der Waals surface area contributed by atoms with E-state index in [-0.39, 0.29) is 5.15 Å². The summed E-state index contributed by atoms with van der Waals surface area (Å²) in [5, 5.41) is 10.7. The van der Waals surface area contributed by atoms with Crippen molar-refractivity contribution >= 4 is 45.7 Å². The lowest BCUT2D eigenvalue weighted by atomic mass is 10.2. The lowest BCUT2D eigenvalue weighted by Gasteiger charge is -1.95. The normalized spacial score (nSPS) is 10.4. The Hall–Kier alpha value is -0.880. The first-order chi connectivity index (χ1) is 6.63. The molecule has 5 heteroatoms. The SMILES string of the molecule is N#Cc1c(Cl)[nH]c2c(Cl)cc(Cl)cc12. The van der Waals surface area contributed by atoms with Gasteiger partial charge in [0.25, 0.3) is 0 Å². The Bertz CT molecular complexity index is 551. The largest absolute Gasteiger partial charge is 0.343 e. The first-order valence-corrected chi connectivity index (χ1v) is 4.83. The topological polar surface area (TPSA) is 39.6 Å². The van der Waals surface area contributed by atoms with Crippen molar-refractivity contribution in [3.8, 4) is 6.07 Å². The average Bonchev–Trinajstić information content (AvgIpc) is 2.41. The first kappa shape index (κ1) is 9.67. The highest BCUT2D eigenvalue weighted by Crippen LogP contribution is 2.32. The molecule has 2 aromatic rings. The molecule has 1 N–H and O–H groups in total. The summed E-state index contributed by atoms with van der Waals surface area (Å²) in [4.78, 5) is 2.83. The molecule has 0 atom stereocenters. The molecule has 0 aliphatic rings. The maximum absolute atomic E-state index is 8.85. The van der Waals surface area contributed by atoms with Crippen molar-refractivity contribution in [3.63, 3.8) is 0 Å². The fraction of sp³-hybridized carbons (Fsp3) is 0. The van der Waals surface area contributed by atoms with Crippen LogP contribution >= 0.6 is 34.8 Å². The van der Waals surface area contributed by atoms with Crippen molar-refractivity contribution in [1.82, 2.24) is 4.98 Å². The molecule has 0 radical (unpaired) electrons. The number of aromatic amines is 1. The van der Waals surface area contributed by atoms with Gasteiger partial charge in [0.05, 0.1) is 16.1 Å². The van der Waals surface area contributed by atoms with Crippen LogP contribution in [0.2, 0.25) is 15.2 Å². The molecule has 1 heterocycles. The van der Waals surface area contributed by atoms with Crippen molar-refractivity contribution in [2.45, 2.75) is 0 Å². The molecule has 2 rings (SSSR count). The van der Waals surface area contributed by atoms with Crippen molar-refractivity contribution in [2.24, 2.45) is 0 Å². The Labute approximate surface area is 95.0 Å². The van der Waals surface area contributed by atoms with Crippen LogP contribution in [0.4, 0.5) is 0 Å². The number of H-pyrrole nitrogens is 1. The second-order valence-corrected chi connectivity index (χ2v) is 3.96. The molecule has 0 saturated heterocycles. The number of rotatable bonds is 0. The van der Waals surface area contributed by atoms with E-state index in [1.807, 2.05) is 6.07 Å². The molecule has 0 fully saturated rings. The molecule has 0 bridgehead atoms. The first-order valence-electron chi connectivity index (χ1n) is 3.70. The molecule has 70 valence electrons. The van der Waals surface area contributed by atoms with Gasteiger partial charge in [-0.2, -0.15) is 5.26 Å². The van der Waals surface area contributed by atoms with E-state index in [1.54, 1.807) is 12.1 Å². The molecular formula is C9H3Cl3N2. The Morgan fingerprint density at radius 3 is 2.57 bits per heavy atom. The van der Waals surface area contributed by atoms with E-state index in [0.29, 0.717) is 26.5 Å².